The second-order valence-corrected chi connectivity index (χ2v) is 4.95. The molecule has 106 valence electrons. The van der Waals surface area contributed by atoms with E-state index in [0.29, 0.717) is 12.5 Å². The molecule has 2 aromatic rings. The zero-order chi connectivity index (χ0) is 14.5. The zero-order valence-electron chi connectivity index (χ0n) is 12.0. The van der Waals surface area contributed by atoms with E-state index < -0.39 is 0 Å². The molecule has 2 aromatic carbocycles. The van der Waals surface area contributed by atoms with E-state index in [1.807, 2.05) is 18.2 Å². The summed E-state index contributed by atoms with van der Waals surface area (Å²) in [6.07, 6.45) is 0. The van der Waals surface area contributed by atoms with E-state index in [0.717, 1.165) is 16.9 Å². The Morgan fingerprint density at radius 1 is 1.05 bits per heavy atom. The highest BCUT2D eigenvalue weighted by molar-refractivity contribution is 5.36. The normalized spacial score (nSPS) is 10.7. The third-order valence-electron chi connectivity index (χ3n) is 3.15. The van der Waals surface area contributed by atoms with Crippen LogP contribution < -0.4 is 9.47 Å². The molecule has 0 amide bonds. The van der Waals surface area contributed by atoms with Crippen molar-refractivity contribution in [3.8, 4) is 11.5 Å². The predicted octanol–water partition coefficient (Wildman–Crippen LogP) is 4.54. The Bertz CT molecular complexity index is 579. The number of ether oxygens (including phenoxy) is 2. The van der Waals surface area contributed by atoms with Gasteiger partial charge in [0.15, 0.2) is 11.6 Å². The van der Waals surface area contributed by atoms with Gasteiger partial charge in [0.25, 0.3) is 0 Å². The molecule has 0 aromatic heterocycles. The van der Waals surface area contributed by atoms with Gasteiger partial charge in [0.05, 0.1) is 7.11 Å². The number of rotatable bonds is 5. The number of methoxy groups -OCH3 is 1. The maximum Gasteiger partial charge on any atom is 0.165 e. The largest absolute Gasteiger partial charge is 0.494 e. The fraction of sp³-hybridized carbons (Fsp3) is 0.294. The lowest BCUT2D eigenvalue weighted by Crippen LogP contribution is -2.00. The van der Waals surface area contributed by atoms with Crippen LogP contribution in [-0.2, 0) is 6.61 Å². The van der Waals surface area contributed by atoms with Crippen LogP contribution in [0.25, 0.3) is 0 Å². The van der Waals surface area contributed by atoms with Gasteiger partial charge in [0.2, 0.25) is 0 Å². The van der Waals surface area contributed by atoms with Crippen molar-refractivity contribution in [2.24, 2.45) is 0 Å². The van der Waals surface area contributed by atoms with E-state index in [1.165, 1.54) is 13.2 Å². The summed E-state index contributed by atoms with van der Waals surface area (Å²) in [6, 6.07) is 12.8. The van der Waals surface area contributed by atoms with Crippen molar-refractivity contribution in [3.05, 3.63) is 59.4 Å². The van der Waals surface area contributed by atoms with Crippen molar-refractivity contribution in [2.45, 2.75) is 26.4 Å². The average Bonchev–Trinajstić information content (AvgIpc) is 2.45. The SMILES string of the molecule is COc1ccc(COc2ccccc2C(C)C)cc1F. The molecule has 2 rings (SSSR count). The second-order valence-electron chi connectivity index (χ2n) is 4.95. The number of halogens is 1. The minimum Gasteiger partial charge on any atom is -0.494 e. The van der Waals surface area contributed by atoms with E-state index in [1.54, 1.807) is 12.1 Å². The van der Waals surface area contributed by atoms with Crippen molar-refractivity contribution >= 4 is 0 Å². The van der Waals surface area contributed by atoms with Gasteiger partial charge >= 0.3 is 0 Å². The van der Waals surface area contributed by atoms with Gasteiger partial charge in [-0.2, -0.15) is 0 Å². The summed E-state index contributed by atoms with van der Waals surface area (Å²) in [5, 5.41) is 0. The Balaban J connectivity index is 2.11. The first-order valence-electron chi connectivity index (χ1n) is 6.66. The fourth-order valence-electron chi connectivity index (χ4n) is 2.05. The van der Waals surface area contributed by atoms with E-state index in [4.69, 9.17) is 9.47 Å². The van der Waals surface area contributed by atoms with Gasteiger partial charge in [-0.3, -0.25) is 0 Å². The summed E-state index contributed by atoms with van der Waals surface area (Å²) < 4.78 is 24.3. The Kier molecular flexibility index (Phi) is 4.61. The maximum absolute atomic E-state index is 13.6. The molecule has 0 radical (unpaired) electrons. The molecule has 3 heteroatoms. The topological polar surface area (TPSA) is 18.5 Å². The molecule has 0 saturated heterocycles. The van der Waals surface area contributed by atoms with Crippen LogP contribution in [0, 0.1) is 5.82 Å². The van der Waals surface area contributed by atoms with Crippen LogP contribution in [0.5, 0.6) is 11.5 Å². The van der Waals surface area contributed by atoms with Crippen molar-refractivity contribution < 1.29 is 13.9 Å². The highest BCUT2D eigenvalue weighted by Gasteiger charge is 2.08. The molecule has 0 saturated carbocycles. The number of hydrogen-bond acceptors (Lipinski definition) is 2. The third kappa shape index (κ3) is 3.29. The number of hydrogen-bond donors (Lipinski definition) is 0. The van der Waals surface area contributed by atoms with Gasteiger partial charge in [-0.15, -0.1) is 0 Å². The van der Waals surface area contributed by atoms with E-state index >= 15 is 0 Å². The summed E-state index contributed by atoms with van der Waals surface area (Å²) in [5.41, 5.74) is 1.93. The summed E-state index contributed by atoms with van der Waals surface area (Å²) in [6.45, 7) is 4.58. The van der Waals surface area contributed by atoms with Crippen LogP contribution in [0.3, 0.4) is 0 Å². The molecular formula is C17H19FO2. The molecule has 2 nitrogen and oxygen atoms in total. The number of benzene rings is 2. The summed E-state index contributed by atoms with van der Waals surface area (Å²) in [7, 11) is 1.45. The lowest BCUT2D eigenvalue weighted by Gasteiger charge is -2.14. The molecule has 0 N–H and O–H groups in total. The van der Waals surface area contributed by atoms with Crippen LogP contribution in [0.15, 0.2) is 42.5 Å². The zero-order valence-corrected chi connectivity index (χ0v) is 12.0. The standard InChI is InChI=1S/C17H19FO2/c1-12(2)14-6-4-5-7-16(14)20-11-13-8-9-17(19-3)15(18)10-13/h4-10,12H,11H2,1-3H3. The van der Waals surface area contributed by atoms with Crippen LogP contribution in [0.1, 0.15) is 30.9 Å². The number of para-hydroxylation sites is 1. The van der Waals surface area contributed by atoms with Gasteiger partial charge in [-0.1, -0.05) is 38.1 Å². The van der Waals surface area contributed by atoms with E-state index in [2.05, 4.69) is 19.9 Å². The van der Waals surface area contributed by atoms with Crippen molar-refractivity contribution in [1.82, 2.24) is 0 Å². The minimum absolute atomic E-state index is 0.247. The molecule has 0 aliphatic heterocycles. The molecular weight excluding hydrogens is 255 g/mol. The first-order chi connectivity index (χ1) is 9.61. The monoisotopic (exact) mass is 274 g/mol. The molecule has 0 bridgehead atoms. The van der Waals surface area contributed by atoms with Gasteiger partial charge in [0.1, 0.15) is 12.4 Å². The molecule has 20 heavy (non-hydrogen) atoms. The Labute approximate surface area is 119 Å². The minimum atomic E-state index is -0.370. The molecule has 0 fully saturated rings. The van der Waals surface area contributed by atoms with E-state index in [9.17, 15) is 4.39 Å². The smallest absolute Gasteiger partial charge is 0.165 e. The van der Waals surface area contributed by atoms with Crippen molar-refractivity contribution in [1.29, 1.82) is 0 Å². The van der Waals surface area contributed by atoms with Gasteiger partial charge < -0.3 is 9.47 Å². The van der Waals surface area contributed by atoms with Crippen LogP contribution in [0.4, 0.5) is 4.39 Å². The average molecular weight is 274 g/mol. The lowest BCUT2D eigenvalue weighted by atomic mass is 10.0. The summed E-state index contributed by atoms with van der Waals surface area (Å²) >= 11 is 0. The highest BCUT2D eigenvalue weighted by atomic mass is 19.1. The van der Waals surface area contributed by atoms with Crippen LogP contribution >= 0.6 is 0 Å². The predicted molar refractivity (Wildman–Crippen MR) is 77.8 cm³/mol. The first kappa shape index (κ1) is 14.4. The quantitative estimate of drug-likeness (QED) is 0.797. The first-order valence-corrected chi connectivity index (χ1v) is 6.66. The molecule has 0 spiro atoms. The van der Waals surface area contributed by atoms with Crippen LogP contribution in [-0.4, -0.2) is 7.11 Å². The summed E-state index contributed by atoms with van der Waals surface area (Å²) in [5.74, 6) is 1.11. The Morgan fingerprint density at radius 2 is 1.80 bits per heavy atom. The molecule has 0 aliphatic carbocycles. The Hall–Kier alpha value is -2.03. The van der Waals surface area contributed by atoms with Gasteiger partial charge in [0, 0.05) is 0 Å². The fourth-order valence-corrected chi connectivity index (χ4v) is 2.05. The van der Waals surface area contributed by atoms with E-state index in [-0.39, 0.29) is 11.6 Å². The van der Waals surface area contributed by atoms with Gasteiger partial charge in [-0.05, 0) is 35.2 Å². The molecule has 0 unspecified atom stereocenters. The third-order valence-corrected chi connectivity index (χ3v) is 3.15. The van der Waals surface area contributed by atoms with Crippen molar-refractivity contribution in [2.75, 3.05) is 7.11 Å². The molecule has 0 heterocycles. The molecule has 0 atom stereocenters. The van der Waals surface area contributed by atoms with Gasteiger partial charge in [-0.25, -0.2) is 4.39 Å². The Morgan fingerprint density at radius 3 is 2.45 bits per heavy atom. The molecule has 0 aliphatic rings. The lowest BCUT2D eigenvalue weighted by molar-refractivity contribution is 0.300. The van der Waals surface area contributed by atoms with Crippen molar-refractivity contribution in [3.63, 3.8) is 0 Å². The summed E-state index contributed by atoms with van der Waals surface area (Å²) in [4.78, 5) is 0. The second kappa shape index (κ2) is 6.42. The highest BCUT2D eigenvalue weighted by Crippen LogP contribution is 2.27. The van der Waals surface area contributed by atoms with Crippen LogP contribution in [0.2, 0.25) is 0 Å². The maximum atomic E-state index is 13.6.